The number of anilines is 3. The number of nitrogens with zero attached hydrogens (tertiary/aromatic N) is 5. The predicted octanol–water partition coefficient (Wildman–Crippen LogP) is 3.88. The minimum absolute atomic E-state index is 0.621. The van der Waals surface area contributed by atoms with Crippen molar-refractivity contribution in [2.75, 3.05) is 47.4 Å². The first-order chi connectivity index (χ1) is 13.2. The summed E-state index contributed by atoms with van der Waals surface area (Å²) in [5, 5.41) is 0. The Morgan fingerprint density at radius 3 is 2.41 bits per heavy atom. The summed E-state index contributed by atoms with van der Waals surface area (Å²) < 4.78 is 0. The van der Waals surface area contributed by atoms with Crippen LogP contribution < -0.4 is 14.7 Å². The number of piperazine rings is 1. The summed E-state index contributed by atoms with van der Waals surface area (Å²) in [6.45, 7) is 9.47. The van der Waals surface area contributed by atoms with Crippen LogP contribution in [-0.4, -0.2) is 48.7 Å². The molecule has 2 aromatic rings. The van der Waals surface area contributed by atoms with Gasteiger partial charge in [-0.3, -0.25) is 0 Å². The van der Waals surface area contributed by atoms with E-state index in [0.29, 0.717) is 6.04 Å². The number of aryl methyl sites for hydroxylation is 1. The fourth-order valence-corrected chi connectivity index (χ4v) is 4.36. The maximum Gasteiger partial charge on any atom is 0.227 e. The highest BCUT2D eigenvalue weighted by molar-refractivity contribution is 5.50. The van der Waals surface area contributed by atoms with Gasteiger partial charge in [0.1, 0.15) is 5.82 Å². The van der Waals surface area contributed by atoms with Crippen LogP contribution in [0.1, 0.15) is 38.3 Å². The van der Waals surface area contributed by atoms with Crippen LogP contribution in [0, 0.1) is 6.92 Å². The number of benzene rings is 1. The third-order valence-corrected chi connectivity index (χ3v) is 5.91. The summed E-state index contributed by atoms with van der Waals surface area (Å²) in [4.78, 5) is 17.1. The minimum Gasteiger partial charge on any atom is -0.368 e. The van der Waals surface area contributed by atoms with Gasteiger partial charge in [0.05, 0.1) is 0 Å². The number of hydrogen-bond acceptors (Lipinski definition) is 5. The summed E-state index contributed by atoms with van der Waals surface area (Å²) >= 11 is 0. The van der Waals surface area contributed by atoms with E-state index < -0.39 is 0 Å². The Balaban J connectivity index is 1.49. The Hall–Kier alpha value is -2.30. The number of hydrogen-bond donors (Lipinski definition) is 0. The van der Waals surface area contributed by atoms with Crippen LogP contribution in [0.4, 0.5) is 17.5 Å². The summed E-state index contributed by atoms with van der Waals surface area (Å²) in [6.07, 6.45) is 5.08. The number of aromatic nitrogens is 2. The predicted molar refractivity (Wildman–Crippen MR) is 113 cm³/mol. The largest absolute Gasteiger partial charge is 0.368 e. The summed E-state index contributed by atoms with van der Waals surface area (Å²) in [5.74, 6) is 2.02. The van der Waals surface area contributed by atoms with E-state index in [2.05, 4.69) is 64.9 Å². The lowest BCUT2D eigenvalue weighted by Gasteiger charge is -2.38. The molecule has 2 aliphatic rings. The van der Waals surface area contributed by atoms with Gasteiger partial charge in [0.15, 0.2) is 0 Å². The molecule has 3 heterocycles. The van der Waals surface area contributed by atoms with Crippen LogP contribution in [-0.2, 0) is 0 Å². The third-order valence-electron chi connectivity index (χ3n) is 5.91. The molecule has 1 aromatic carbocycles. The van der Waals surface area contributed by atoms with Crippen molar-refractivity contribution in [3.05, 3.63) is 42.1 Å². The SMILES string of the molecule is CCC1CCCCN1c1cc(C)nc(N2CCN(c3ccccc3)CC2)n1. The molecule has 0 N–H and O–H groups in total. The van der Waals surface area contributed by atoms with E-state index in [1.807, 2.05) is 0 Å². The number of rotatable bonds is 4. The fourth-order valence-electron chi connectivity index (χ4n) is 4.36. The van der Waals surface area contributed by atoms with Crippen molar-refractivity contribution in [2.24, 2.45) is 0 Å². The van der Waals surface area contributed by atoms with Gasteiger partial charge in [-0.1, -0.05) is 25.1 Å². The van der Waals surface area contributed by atoms with Crippen molar-refractivity contribution in [2.45, 2.75) is 45.6 Å². The molecule has 2 fully saturated rings. The van der Waals surface area contributed by atoms with Gasteiger partial charge in [-0.15, -0.1) is 0 Å². The van der Waals surface area contributed by atoms with E-state index in [1.165, 1.54) is 31.4 Å². The van der Waals surface area contributed by atoms with Crippen molar-refractivity contribution in [3.63, 3.8) is 0 Å². The van der Waals surface area contributed by atoms with Gasteiger partial charge in [-0.25, -0.2) is 4.98 Å². The first-order valence-electron chi connectivity index (χ1n) is 10.4. The smallest absolute Gasteiger partial charge is 0.227 e. The Morgan fingerprint density at radius 2 is 1.67 bits per heavy atom. The molecule has 0 bridgehead atoms. The molecule has 2 saturated heterocycles. The minimum atomic E-state index is 0.621. The molecule has 0 aliphatic carbocycles. The van der Waals surface area contributed by atoms with Gasteiger partial charge in [0, 0.05) is 56.2 Å². The maximum atomic E-state index is 5.00. The van der Waals surface area contributed by atoms with Gasteiger partial charge >= 0.3 is 0 Å². The quantitative estimate of drug-likeness (QED) is 0.822. The highest BCUT2D eigenvalue weighted by Gasteiger charge is 2.25. The lowest BCUT2D eigenvalue weighted by molar-refractivity contribution is 0.446. The van der Waals surface area contributed by atoms with Crippen LogP contribution in [0.25, 0.3) is 0 Å². The topological polar surface area (TPSA) is 35.5 Å². The van der Waals surface area contributed by atoms with E-state index in [9.17, 15) is 0 Å². The fraction of sp³-hybridized carbons (Fsp3) is 0.545. The third kappa shape index (κ3) is 4.02. The molecule has 5 nitrogen and oxygen atoms in total. The van der Waals surface area contributed by atoms with Crippen LogP contribution in [0.15, 0.2) is 36.4 Å². The molecule has 4 rings (SSSR count). The zero-order chi connectivity index (χ0) is 18.6. The Morgan fingerprint density at radius 1 is 0.926 bits per heavy atom. The van der Waals surface area contributed by atoms with E-state index in [0.717, 1.165) is 50.2 Å². The number of para-hydroxylation sites is 1. The molecule has 0 amide bonds. The molecule has 5 heteroatoms. The van der Waals surface area contributed by atoms with E-state index in [-0.39, 0.29) is 0 Å². The van der Waals surface area contributed by atoms with Crippen LogP contribution in [0.2, 0.25) is 0 Å². The zero-order valence-electron chi connectivity index (χ0n) is 16.6. The molecule has 2 aliphatic heterocycles. The van der Waals surface area contributed by atoms with Crippen molar-refractivity contribution in [3.8, 4) is 0 Å². The molecule has 144 valence electrons. The highest BCUT2D eigenvalue weighted by Crippen LogP contribution is 2.27. The standard InChI is InChI=1S/C22H31N5/c1-3-19-9-7-8-12-27(19)21-17-18(2)23-22(24-21)26-15-13-25(14-16-26)20-10-5-4-6-11-20/h4-6,10-11,17,19H,3,7-9,12-16H2,1-2H3. The van der Waals surface area contributed by atoms with Crippen molar-refractivity contribution >= 4 is 17.5 Å². The average Bonchev–Trinajstić information content (AvgIpc) is 2.74. The normalized spacial score (nSPS) is 20.8. The van der Waals surface area contributed by atoms with Gasteiger partial charge < -0.3 is 14.7 Å². The molecular formula is C22H31N5. The van der Waals surface area contributed by atoms with Gasteiger partial charge in [0.2, 0.25) is 5.95 Å². The van der Waals surface area contributed by atoms with Gasteiger partial charge in [0.25, 0.3) is 0 Å². The Bertz CT molecular complexity index is 740. The molecule has 27 heavy (non-hydrogen) atoms. The average molecular weight is 366 g/mol. The van der Waals surface area contributed by atoms with E-state index >= 15 is 0 Å². The van der Waals surface area contributed by atoms with Crippen LogP contribution in [0.3, 0.4) is 0 Å². The van der Waals surface area contributed by atoms with Crippen LogP contribution in [0.5, 0.6) is 0 Å². The van der Waals surface area contributed by atoms with Crippen LogP contribution >= 0.6 is 0 Å². The summed E-state index contributed by atoms with van der Waals surface area (Å²) in [5.41, 5.74) is 2.38. The second-order valence-corrected chi connectivity index (χ2v) is 7.73. The monoisotopic (exact) mass is 365 g/mol. The molecule has 0 spiro atoms. The second kappa shape index (κ2) is 8.15. The maximum absolute atomic E-state index is 5.00. The lowest BCUT2D eigenvalue weighted by atomic mass is 10.00. The van der Waals surface area contributed by atoms with Crippen molar-refractivity contribution in [1.29, 1.82) is 0 Å². The second-order valence-electron chi connectivity index (χ2n) is 7.73. The first-order valence-corrected chi connectivity index (χ1v) is 10.4. The van der Waals surface area contributed by atoms with E-state index in [4.69, 9.17) is 9.97 Å². The lowest BCUT2D eigenvalue weighted by Crippen LogP contribution is -2.47. The highest BCUT2D eigenvalue weighted by atomic mass is 15.3. The van der Waals surface area contributed by atoms with Crippen molar-refractivity contribution < 1.29 is 0 Å². The molecule has 0 radical (unpaired) electrons. The molecule has 1 atom stereocenters. The first kappa shape index (κ1) is 18.1. The van der Waals surface area contributed by atoms with E-state index in [1.54, 1.807) is 0 Å². The van der Waals surface area contributed by atoms with Crippen molar-refractivity contribution in [1.82, 2.24) is 9.97 Å². The number of piperidine rings is 1. The zero-order valence-corrected chi connectivity index (χ0v) is 16.6. The van der Waals surface area contributed by atoms with Gasteiger partial charge in [-0.05, 0) is 44.7 Å². The molecule has 1 aromatic heterocycles. The Kier molecular flexibility index (Phi) is 5.46. The summed E-state index contributed by atoms with van der Waals surface area (Å²) in [7, 11) is 0. The molecular weight excluding hydrogens is 334 g/mol. The summed E-state index contributed by atoms with van der Waals surface area (Å²) in [6, 6.07) is 13.5. The molecule has 1 unspecified atom stereocenters. The molecule has 0 saturated carbocycles. The Labute approximate surface area is 163 Å². The van der Waals surface area contributed by atoms with Gasteiger partial charge in [-0.2, -0.15) is 4.98 Å².